The highest BCUT2D eigenvalue weighted by Gasteiger charge is 2.35. The zero-order valence-electron chi connectivity index (χ0n) is 18.3. The van der Waals surface area contributed by atoms with Crippen molar-refractivity contribution in [1.82, 2.24) is 10.6 Å². The highest BCUT2D eigenvalue weighted by atomic mass is 35.5. The summed E-state index contributed by atoms with van der Waals surface area (Å²) in [5.74, 6) is -1.56. The maximum Gasteiger partial charge on any atom is 0.328 e. The molecule has 0 aliphatic heterocycles. The monoisotopic (exact) mass is 440 g/mol. The number of nitrogens with one attached hydrogen (secondary N) is 2. The molecule has 0 heterocycles. The average molecular weight is 441 g/mol. The van der Waals surface area contributed by atoms with E-state index in [2.05, 4.69) is 10.6 Å². The predicted octanol–water partition coefficient (Wildman–Crippen LogP) is 2.58. The van der Waals surface area contributed by atoms with Crippen molar-refractivity contribution in [2.45, 2.75) is 65.0 Å². The second kappa shape index (κ2) is 11.9. The molecule has 2 atom stereocenters. The van der Waals surface area contributed by atoms with E-state index in [1.807, 2.05) is 13.8 Å². The Bertz CT molecular complexity index is 719. The number of esters is 1. The van der Waals surface area contributed by atoms with Gasteiger partial charge in [0.15, 0.2) is 0 Å². The van der Waals surface area contributed by atoms with Gasteiger partial charge in [0, 0.05) is 11.6 Å². The molecule has 0 aliphatic rings. The lowest BCUT2D eigenvalue weighted by Crippen LogP contribution is -2.56. The van der Waals surface area contributed by atoms with E-state index in [9.17, 15) is 14.4 Å². The molecule has 8 heteroatoms. The van der Waals surface area contributed by atoms with Crippen molar-refractivity contribution in [3.8, 4) is 0 Å². The van der Waals surface area contributed by atoms with Crippen LogP contribution in [0.3, 0.4) is 0 Å². The van der Waals surface area contributed by atoms with E-state index in [1.165, 1.54) is 0 Å². The molecule has 1 aromatic rings. The van der Waals surface area contributed by atoms with Gasteiger partial charge in [0.05, 0.1) is 12.0 Å². The molecule has 0 bridgehead atoms. The number of hydrogen-bond acceptors (Lipinski definition) is 5. The van der Waals surface area contributed by atoms with Crippen LogP contribution in [0.2, 0.25) is 5.02 Å². The van der Waals surface area contributed by atoms with Crippen LogP contribution < -0.4 is 10.6 Å². The van der Waals surface area contributed by atoms with Crippen LogP contribution in [0.25, 0.3) is 0 Å². The molecule has 30 heavy (non-hydrogen) atoms. The third-order valence-electron chi connectivity index (χ3n) is 4.91. The van der Waals surface area contributed by atoms with Crippen LogP contribution in [0.15, 0.2) is 24.3 Å². The lowest BCUT2D eigenvalue weighted by Gasteiger charge is -2.30. The number of rotatable bonds is 11. The molecule has 0 saturated heterocycles. The molecule has 168 valence electrons. The highest BCUT2D eigenvalue weighted by Crippen LogP contribution is 2.25. The van der Waals surface area contributed by atoms with Crippen molar-refractivity contribution in [2.75, 3.05) is 13.2 Å². The maximum absolute atomic E-state index is 13.0. The van der Waals surface area contributed by atoms with Crippen LogP contribution in [0.1, 0.15) is 53.0 Å². The van der Waals surface area contributed by atoms with E-state index < -0.39 is 29.4 Å². The largest absolute Gasteiger partial charge is 0.464 e. The summed E-state index contributed by atoms with van der Waals surface area (Å²) in [6.45, 7) is 8.92. The first-order valence-electron chi connectivity index (χ1n) is 10.2. The van der Waals surface area contributed by atoms with Gasteiger partial charge < -0.3 is 20.5 Å². The van der Waals surface area contributed by atoms with Crippen LogP contribution in [-0.4, -0.2) is 48.2 Å². The van der Waals surface area contributed by atoms with Gasteiger partial charge in [0.25, 0.3) is 0 Å². The number of aliphatic hydroxyl groups excluding tert-OH is 1. The fourth-order valence-corrected chi connectivity index (χ4v) is 3.03. The third-order valence-corrected chi connectivity index (χ3v) is 5.16. The van der Waals surface area contributed by atoms with E-state index >= 15 is 0 Å². The summed E-state index contributed by atoms with van der Waals surface area (Å²) in [5, 5.41) is 15.1. The van der Waals surface area contributed by atoms with Gasteiger partial charge in [-0.2, -0.15) is 0 Å². The van der Waals surface area contributed by atoms with E-state index in [4.69, 9.17) is 21.4 Å². The van der Waals surface area contributed by atoms with Crippen LogP contribution in [0.5, 0.6) is 0 Å². The fraction of sp³-hybridized carbons (Fsp3) is 0.591. The zero-order valence-corrected chi connectivity index (χ0v) is 19.1. The average Bonchev–Trinajstić information content (AvgIpc) is 2.68. The second-order valence-electron chi connectivity index (χ2n) is 8.01. The Morgan fingerprint density at radius 3 is 2.23 bits per heavy atom. The molecule has 0 unspecified atom stereocenters. The van der Waals surface area contributed by atoms with Gasteiger partial charge in [0.1, 0.15) is 12.1 Å². The number of aliphatic hydroxyl groups is 1. The Labute approximate surface area is 183 Å². The number of halogens is 1. The first-order chi connectivity index (χ1) is 14.0. The SMILES string of the molecule is CCOC(=O)[C@@H](CCCO)NC(=O)[C@@H](NC(=O)C(C)(C)c1ccc(Cl)cc1)C(C)C. The van der Waals surface area contributed by atoms with Crippen LogP contribution in [0.4, 0.5) is 0 Å². The normalized spacial score (nSPS) is 13.5. The van der Waals surface area contributed by atoms with Crippen molar-refractivity contribution in [2.24, 2.45) is 5.92 Å². The van der Waals surface area contributed by atoms with Gasteiger partial charge in [-0.1, -0.05) is 37.6 Å². The van der Waals surface area contributed by atoms with Gasteiger partial charge >= 0.3 is 5.97 Å². The Hall–Kier alpha value is -2.12. The summed E-state index contributed by atoms with van der Waals surface area (Å²) >= 11 is 5.93. The summed E-state index contributed by atoms with van der Waals surface area (Å²) in [6, 6.07) is 5.26. The fourth-order valence-electron chi connectivity index (χ4n) is 2.90. The lowest BCUT2D eigenvalue weighted by atomic mass is 9.83. The summed E-state index contributed by atoms with van der Waals surface area (Å²) in [5.41, 5.74) is -0.130. The van der Waals surface area contributed by atoms with Crippen LogP contribution >= 0.6 is 11.6 Å². The highest BCUT2D eigenvalue weighted by molar-refractivity contribution is 6.30. The number of carbonyl (C=O) groups is 3. The molecular formula is C22H33ClN2O5. The van der Waals surface area contributed by atoms with E-state index in [1.54, 1.807) is 45.0 Å². The van der Waals surface area contributed by atoms with E-state index in [0.29, 0.717) is 11.4 Å². The Balaban J connectivity index is 2.95. The lowest BCUT2D eigenvalue weighted by molar-refractivity contribution is -0.148. The molecule has 2 amide bonds. The molecule has 1 aromatic carbocycles. The Kier molecular flexibility index (Phi) is 10.3. The first kappa shape index (κ1) is 25.9. The standard InChI is InChI=1S/C22H33ClN2O5/c1-6-30-20(28)17(8-7-13-26)24-19(27)18(14(2)3)25-21(29)22(4,5)15-9-11-16(23)12-10-15/h9-12,14,17-18,26H,6-8,13H2,1-5H3,(H,24,27)(H,25,29)/t17-,18+/m1/s1. The van der Waals surface area contributed by atoms with Crippen molar-refractivity contribution in [3.63, 3.8) is 0 Å². The molecule has 0 aromatic heterocycles. The first-order valence-corrected chi connectivity index (χ1v) is 10.6. The maximum atomic E-state index is 13.0. The minimum atomic E-state index is -0.893. The second-order valence-corrected chi connectivity index (χ2v) is 8.44. The summed E-state index contributed by atoms with van der Waals surface area (Å²) in [4.78, 5) is 38.1. The number of ether oxygens (including phenoxy) is 1. The van der Waals surface area contributed by atoms with Gasteiger partial charge in [-0.05, 0) is 57.2 Å². The van der Waals surface area contributed by atoms with Crippen molar-refractivity contribution < 1.29 is 24.2 Å². The van der Waals surface area contributed by atoms with E-state index in [-0.39, 0.29) is 31.5 Å². The number of carbonyl (C=O) groups excluding carboxylic acids is 3. The zero-order chi connectivity index (χ0) is 22.9. The van der Waals surface area contributed by atoms with Crippen LogP contribution in [0, 0.1) is 5.92 Å². The minimum absolute atomic E-state index is 0.106. The molecule has 0 aliphatic carbocycles. The molecule has 0 fully saturated rings. The molecule has 3 N–H and O–H groups in total. The summed E-state index contributed by atoms with van der Waals surface area (Å²) < 4.78 is 5.01. The molecule has 0 saturated carbocycles. The number of amides is 2. The molecule has 1 rings (SSSR count). The van der Waals surface area contributed by atoms with Crippen molar-refractivity contribution in [1.29, 1.82) is 0 Å². The van der Waals surface area contributed by atoms with Crippen molar-refractivity contribution in [3.05, 3.63) is 34.9 Å². The molecule has 0 radical (unpaired) electrons. The molecule has 0 spiro atoms. The quantitative estimate of drug-likeness (QED) is 0.459. The van der Waals surface area contributed by atoms with Gasteiger partial charge in [-0.15, -0.1) is 0 Å². The summed E-state index contributed by atoms with van der Waals surface area (Å²) in [7, 11) is 0. The molecule has 7 nitrogen and oxygen atoms in total. The Morgan fingerprint density at radius 2 is 1.73 bits per heavy atom. The minimum Gasteiger partial charge on any atom is -0.464 e. The summed E-state index contributed by atoms with van der Waals surface area (Å²) in [6.07, 6.45) is 0.585. The molecular weight excluding hydrogens is 408 g/mol. The topological polar surface area (TPSA) is 105 Å². The predicted molar refractivity (Wildman–Crippen MR) is 116 cm³/mol. The van der Waals surface area contributed by atoms with Gasteiger partial charge in [-0.3, -0.25) is 9.59 Å². The van der Waals surface area contributed by atoms with Crippen molar-refractivity contribution >= 4 is 29.4 Å². The van der Waals surface area contributed by atoms with Gasteiger partial charge in [0.2, 0.25) is 11.8 Å². The number of hydrogen-bond donors (Lipinski definition) is 3. The van der Waals surface area contributed by atoms with E-state index in [0.717, 1.165) is 5.56 Å². The Morgan fingerprint density at radius 1 is 1.13 bits per heavy atom. The third kappa shape index (κ3) is 7.29. The number of benzene rings is 1. The van der Waals surface area contributed by atoms with Gasteiger partial charge in [-0.25, -0.2) is 4.79 Å². The van der Waals surface area contributed by atoms with Crippen LogP contribution in [-0.2, 0) is 24.5 Å². The smallest absolute Gasteiger partial charge is 0.328 e.